The Kier molecular flexibility index (Phi) is 7.91. The zero-order chi connectivity index (χ0) is 16.6. The van der Waals surface area contributed by atoms with Gasteiger partial charge in [-0.1, -0.05) is 0 Å². The molecule has 1 unspecified atom stereocenters. The lowest BCUT2D eigenvalue weighted by atomic mass is 10.1. The zero-order valence-electron chi connectivity index (χ0n) is 11.4. The maximum Gasteiger partial charge on any atom is 0.321 e. The van der Waals surface area contributed by atoms with Crippen molar-refractivity contribution in [2.24, 2.45) is 5.73 Å². The van der Waals surface area contributed by atoms with Crippen LogP contribution in [0.4, 0.5) is 0 Å². The van der Waals surface area contributed by atoms with Gasteiger partial charge < -0.3 is 31.3 Å². The van der Waals surface area contributed by atoms with E-state index >= 15 is 0 Å². The third-order valence-corrected chi connectivity index (χ3v) is 2.47. The minimum Gasteiger partial charge on any atom is -0.506 e. The number of nitrogens with zero attached hydrogens (tertiary/aromatic N) is 1. The van der Waals surface area contributed by atoms with Crippen molar-refractivity contribution >= 4 is 11.9 Å². The molecule has 0 radical (unpaired) electrons. The van der Waals surface area contributed by atoms with Crippen molar-refractivity contribution in [2.75, 3.05) is 0 Å². The Bertz CT molecular complexity index is 505. The molecule has 0 bridgehead atoms. The molecule has 0 saturated carbocycles. The van der Waals surface area contributed by atoms with Crippen LogP contribution in [0.2, 0.25) is 0 Å². The number of pyridine rings is 1. The van der Waals surface area contributed by atoms with E-state index in [1.54, 1.807) is 6.92 Å². The van der Waals surface area contributed by atoms with Crippen LogP contribution in [0.3, 0.4) is 0 Å². The zero-order valence-corrected chi connectivity index (χ0v) is 11.4. The molecule has 1 rings (SSSR count). The number of aromatic hydroxyl groups is 1. The van der Waals surface area contributed by atoms with Gasteiger partial charge in [-0.05, 0) is 6.92 Å². The first-order valence-electron chi connectivity index (χ1n) is 5.82. The quantitative estimate of drug-likeness (QED) is 0.396. The van der Waals surface area contributed by atoms with Gasteiger partial charge in [0.05, 0.1) is 25.3 Å². The summed E-state index contributed by atoms with van der Waals surface area (Å²) in [4.78, 5) is 23.5. The first-order chi connectivity index (χ1) is 9.74. The third kappa shape index (κ3) is 6.17. The fraction of sp³-hybridized carbons (Fsp3) is 0.417. The number of hydrogen-bond donors (Lipinski definition) is 6. The molecule has 118 valence electrons. The molecule has 0 aliphatic carbocycles. The van der Waals surface area contributed by atoms with Crippen LogP contribution in [0.5, 0.6) is 5.75 Å². The minimum atomic E-state index is -1.29. The normalized spacial score (nSPS) is 11.2. The summed E-state index contributed by atoms with van der Waals surface area (Å²) >= 11 is 0. The van der Waals surface area contributed by atoms with Crippen LogP contribution >= 0.6 is 0 Å². The molecule has 0 aliphatic heterocycles. The van der Waals surface area contributed by atoms with Crippen molar-refractivity contribution in [1.29, 1.82) is 0 Å². The molecular formula is C12H18N2O7. The number of carbonyl (C=O) groups is 2. The largest absolute Gasteiger partial charge is 0.506 e. The Morgan fingerprint density at radius 2 is 1.86 bits per heavy atom. The molecule has 0 amide bonds. The molecular weight excluding hydrogens is 284 g/mol. The predicted octanol–water partition coefficient (Wildman–Crippen LogP) is -1.05. The third-order valence-electron chi connectivity index (χ3n) is 2.47. The Balaban J connectivity index is 0.000000400. The van der Waals surface area contributed by atoms with Gasteiger partial charge in [0, 0.05) is 17.3 Å². The van der Waals surface area contributed by atoms with Crippen LogP contribution in [0.15, 0.2) is 6.20 Å². The first kappa shape index (κ1) is 18.8. The van der Waals surface area contributed by atoms with E-state index < -0.39 is 24.4 Å². The average Bonchev–Trinajstić information content (AvgIpc) is 2.41. The van der Waals surface area contributed by atoms with Crippen LogP contribution in [0.1, 0.15) is 23.2 Å². The fourth-order valence-corrected chi connectivity index (χ4v) is 1.27. The highest BCUT2D eigenvalue weighted by molar-refractivity contribution is 5.80. The molecule has 1 heterocycles. The van der Waals surface area contributed by atoms with E-state index in [0.717, 1.165) is 0 Å². The van der Waals surface area contributed by atoms with Crippen molar-refractivity contribution in [3.63, 3.8) is 0 Å². The van der Waals surface area contributed by atoms with E-state index in [1.807, 2.05) is 0 Å². The summed E-state index contributed by atoms with van der Waals surface area (Å²) in [7, 11) is 0. The monoisotopic (exact) mass is 302 g/mol. The van der Waals surface area contributed by atoms with E-state index in [9.17, 15) is 14.7 Å². The van der Waals surface area contributed by atoms with Crippen LogP contribution in [0.25, 0.3) is 0 Å². The van der Waals surface area contributed by atoms with Gasteiger partial charge in [-0.2, -0.15) is 0 Å². The number of carboxylic acid groups (broad SMARTS) is 2. The van der Waals surface area contributed by atoms with Gasteiger partial charge in [0.25, 0.3) is 0 Å². The van der Waals surface area contributed by atoms with Crippen LogP contribution < -0.4 is 5.73 Å². The minimum absolute atomic E-state index is 0.0379. The number of carboxylic acids is 2. The number of aryl methyl sites for hydroxylation is 1. The summed E-state index contributed by atoms with van der Waals surface area (Å²) in [6.07, 6.45) is 0.913. The molecule has 0 spiro atoms. The molecule has 1 aromatic heterocycles. The molecule has 0 saturated heterocycles. The van der Waals surface area contributed by atoms with Gasteiger partial charge in [0.15, 0.2) is 0 Å². The summed E-state index contributed by atoms with van der Waals surface area (Å²) < 4.78 is 0. The number of rotatable bonds is 5. The van der Waals surface area contributed by atoms with Gasteiger partial charge in [-0.3, -0.25) is 14.6 Å². The lowest BCUT2D eigenvalue weighted by molar-refractivity contribution is -0.144. The SMILES string of the molecule is Cc1ncc(CO)c(CO)c1O.NC(CC(=O)O)C(=O)O. The Morgan fingerprint density at radius 3 is 2.19 bits per heavy atom. The van der Waals surface area contributed by atoms with Gasteiger partial charge in [0.2, 0.25) is 0 Å². The van der Waals surface area contributed by atoms with Gasteiger partial charge >= 0.3 is 11.9 Å². The predicted molar refractivity (Wildman–Crippen MR) is 70.3 cm³/mol. The molecule has 7 N–H and O–H groups in total. The molecule has 21 heavy (non-hydrogen) atoms. The first-order valence-corrected chi connectivity index (χ1v) is 5.82. The topological polar surface area (TPSA) is 174 Å². The van der Waals surface area contributed by atoms with E-state index in [2.05, 4.69) is 4.98 Å². The van der Waals surface area contributed by atoms with Crippen molar-refractivity contribution in [3.8, 4) is 5.75 Å². The average molecular weight is 302 g/mol. The van der Waals surface area contributed by atoms with Crippen LogP contribution in [-0.2, 0) is 22.8 Å². The lowest BCUT2D eigenvalue weighted by Gasteiger charge is -2.07. The Hall–Kier alpha value is -2.23. The second-order valence-corrected chi connectivity index (χ2v) is 4.05. The number of nitrogens with two attached hydrogens (primary N) is 1. The summed E-state index contributed by atoms with van der Waals surface area (Å²) in [5.74, 6) is -2.54. The number of aliphatic hydroxyl groups is 2. The molecule has 1 atom stereocenters. The standard InChI is InChI=1S/C8H11NO3.C4H7NO4/c1-5-8(12)7(4-11)6(3-10)2-9-5;5-2(4(8)9)1-3(6)7/h2,10-12H,3-4H2,1H3;2H,1,5H2,(H,6,7)(H,8,9). The summed E-state index contributed by atoms with van der Waals surface area (Å²) in [6, 6.07) is -1.29. The van der Waals surface area contributed by atoms with Crippen molar-refractivity contribution < 1.29 is 35.1 Å². The lowest BCUT2D eigenvalue weighted by Crippen LogP contribution is -2.32. The highest BCUT2D eigenvalue weighted by atomic mass is 16.4. The number of aromatic nitrogens is 1. The van der Waals surface area contributed by atoms with Crippen molar-refractivity contribution in [2.45, 2.75) is 32.6 Å². The maximum absolute atomic E-state index is 9.85. The van der Waals surface area contributed by atoms with E-state index in [0.29, 0.717) is 16.8 Å². The summed E-state index contributed by atoms with van der Waals surface area (Å²) in [5.41, 5.74) is 6.10. The highest BCUT2D eigenvalue weighted by Gasteiger charge is 2.14. The second-order valence-electron chi connectivity index (χ2n) is 4.05. The molecule has 1 aromatic rings. The summed E-state index contributed by atoms with van der Waals surface area (Å²) in [5, 5.41) is 43.1. The molecule has 0 fully saturated rings. The highest BCUT2D eigenvalue weighted by Crippen LogP contribution is 2.23. The van der Waals surface area contributed by atoms with Crippen LogP contribution in [-0.4, -0.2) is 48.5 Å². The van der Waals surface area contributed by atoms with Crippen LogP contribution in [0, 0.1) is 6.92 Å². The fourth-order valence-electron chi connectivity index (χ4n) is 1.27. The number of aliphatic carboxylic acids is 2. The Labute approximate surface area is 120 Å². The number of hydrogen-bond acceptors (Lipinski definition) is 7. The number of aliphatic hydroxyl groups excluding tert-OH is 2. The second kappa shape index (κ2) is 8.84. The molecule has 0 aromatic carbocycles. The smallest absolute Gasteiger partial charge is 0.321 e. The van der Waals surface area contributed by atoms with Gasteiger partial charge in [-0.15, -0.1) is 0 Å². The molecule has 9 heteroatoms. The van der Waals surface area contributed by atoms with Gasteiger partial charge in [0.1, 0.15) is 11.8 Å². The Morgan fingerprint density at radius 1 is 1.29 bits per heavy atom. The van der Waals surface area contributed by atoms with Gasteiger partial charge in [-0.25, -0.2) is 0 Å². The molecule has 0 aliphatic rings. The van der Waals surface area contributed by atoms with E-state index in [-0.39, 0.29) is 19.0 Å². The van der Waals surface area contributed by atoms with Crippen molar-refractivity contribution in [3.05, 3.63) is 23.0 Å². The summed E-state index contributed by atoms with van der Waals surface area (Å²) in [6.45, 7) is 1.12. The van der Waals surface area contributed by atoms with Crippen molar-refractivity contribution in [1.82, 2.24) is 4.98 Å². The van der Waals surface area contributed by atoms with E-state index in [1.165, 1.54) is 6.20 Å². The molecule has 9 nitrogen and oxygen atoms in total. The van der Waals surface area contributed by atoms with E-state index in [4.69, 9.17) is 26.2 Å². The maximum atomic E-state index is 9.85.